The molecule has 0 atom stereocenters. The molecule has 3 aromatic rings. The van der Waals surface area contributed by atoms with Crippen LogP contribution in [0, 0.1) is 0 Å². The summed E-state index contributed by atoms with van der Waals surface area (Å²) in [4.78, 5) is 16.7. The molecule has 7 nitrogen and oxygen atoms in total. The number of rotatable bonds is 5. The Labute approximate surface area is 143 Å². The van der Waals surface area contributed by atoms with Gasteiger partial charge < -0.3 is 9.84 Å². The van der Waals surface area contributed by atoms with Crippen LogP contribution in [0.15, 0.2) is 41.1 Å². The highest BCUT2D eigenvalue weighted by atomic mass is 35.5. The minimum atomic E-state index is -0.796. The minimum absolute atomic E-state index is 0.262. The molecule has 2 heterocycles. The Bertz CT molecular complexity index is 842. The number of carbonyl (C=O) groups excluding carboxylic acids is 1. The zero-order valence-corrected chi connectivity index (χ0v) is 14.0. The zero-order chi connectivity index (χ0) is 17.2. The number of amides is 1. The van der Waals surface area contributed by atoms with Crippen LogP contribution in [0.3, 0.4) is 0 Å². The number of H-pyrrole nitrogens is 1. The number of carbonyl (C=O) groups is 1. The van der Waals surface area contributed by atoms with Crippen molar-refractivity contribution in [3.8, 4) is 0 Å². The second-order valence-electron chi connectivity index (χ2n) is 5.86. The molecule has 2 N–H and O–H groups in total. The smallest absolute Gasteiger partial charge is 0.252 e. The first-order valence-corrected chi connectivity index (χ1v) is 7.71. The van der Waals surface area contributed by atoms with Gasteiger partial charge in [0.15, 0.2) is 5.82 Å². The average Bonchev–Trinajstić information content (AvgIpc) is 3.19. The molecular formula is C16H16ClN5O2. The molecule has 0 saturated carbocycles. The van der Waals surface area contributed by atoms with E-state index in [0.717, 1.165) is 5.69 Å². The van der Waals surface area contributed by atoms with Gasteiger partial charge in [-0.05, 0) is 38.1 Å². The van der Waals surface area contributed by atoms with Crippen LogP contribution in [-0.2, 0) is 12.0 Å². The Morgan fingerprint density at radius 3 is 2.92 bits per heavy atom. The average molecular weight is 346 g/mol. The molecule has 1 amide bonds. The number of benzene rings is 1. The van der Waals surface area contributed by atoms with Crippen LogP contribution in [0.25, 0.3) is 0 Å². The molecule has 8 heteroatoms. The van der Waals surface area contributed by atoms with Crippen LogP contribution in [0.2, 0.25) is 5.02 Å². The Balaban J connectivity index is 1.73. The van der Waals surface area contributed by atoms with E-state index in [4.69, 9.17) is 16.1 Å². The lowest BCUT2D eigenvalue weighted by Crippen LogP contribution is -2.41. The van der Waals surface area contributed by atoms with Gasteiger partial charge in [-0.3, -0.25) is 9.89 Å². The van der Waals surface area contributed by atoms with Gasteiger partial charge in [0.1, 0.15) is 0 Å². The van der Waals surface area contributed by atoms with E-state index in [2.05, 4.69) is 25.7 Å². The number of nitrogens with one attached hydrogen (secondary N) is 2. The Morgan fingerprint density at radius 2 is 2.21 bits per heavy atom. The number of hydrogen-bond acceptors (Lipinski definition) is 5. The lowest BCUT2D eigenvalue weighted by atomic mass is 10.0. The third-order valence-corrected chi connectivity index (χ3v) is 3.68. The standard InChI is InChI=1S/C16H16ClN5O2/c1-16(2,20-14(23)10-4-3-5-11(17)8-10)15-19-13(24-22-15)9-12-6-7-18-21-12/h3-8H,9H2,1-2H3,(H,18,21)(H,20,23). The number of aromatic amines is 1. The van der Waals surface area contributed by atoms with E-state index in [1.165, 1.54) is 0 Å². The fourth-order valence-corrected chi connectivity index (χ4v) is 2.36. The summed E-state index contributed by atoms with van der Waals surface area (Å²) in [5.74, 6) is 0.578. The molecule has 24 heavy (non-hydrogen) atoms. The fourth-order valence-electron chi connectivity index (χ4n) is 2.17. The Morgan fingerprint density at radius 1 is 1.38 bits per heavy atom. The largest absolute Gasteiger partial charge is 0.340 e. The van der Waals surface area contributed by atoms with Crippen molar-refractivity contribution in [1.82, 2.24) is 25.7 Å². The van der Waals surface area contributed by atoms with Crippen molar-refractivity contribution in [3.05, 3.63) is 64.5 Å². The van der Waals surface area contributed by atoms with E-state index in [9.17, 15) is 4.79 Å². The summed E-state index contributed by atoms with van der Waals surface area (Å²) >= 11 is 5.92. The van der Waals surface area contributed by atoms with Crippen LogP contribution in [0.4, 0.5) is 0 Å². The van der Waals surface area contributed by atoms with Crippen molar-refractivity contribution >= 4 is 17.5 Å². The molecule has 3 rings (SSSR count). The monoisotopic (exact) mass is 345 g/mol. The molecule has 0 aliphatic heterocycles. The molecule has 0 radical (unpaired) electrons. The van der Waals surface area contributed by atoms with Crippen LogP contribution >= 0.6 is 11.6 Å². The predicted octanol–water partition coefficient (Wildman–Crippen LogP) is 2.70. The number of nitrogens with zero attached hydrogens (tertiary/aromatic N) is 3. The molecule has 0 aliphatic carbocycles. The molecule has 0 spiro atoms. The molecule has 0 fully saturated rings. The number of halogens is 1. The Kier molecular flexibility index (Phi) is 4.35. The van der Waals surface area contributed by atoms with Crippen LogP contribution in [-0.4, -0.2) is 26.2 Å². The van der Waals surface area contributed by atoms with E-state index in [0.29, 0.717) is 28.7 Å². The van der Waals surface area contributed by atoms with Crippen molar-refractivity contribution < 1.29 is 9.32 Å². The summed E-state index contributed by atoms with van der Waals surface area (Å²) < 4.78 is 5.25. The van der Waals surface area contributed by atoms with E-state index < -0.39 is 5.54 Å². The first kappa shape index (κ1) is 16.2. The summed E-state index contributed by atoms with van der Waals surface area (Å²) in [5, 5.41) is 14.1. The third kappa shape index (κ3) is 3.62. The highest BCUT2D eigenvalue weighted by molar-refractivity contribution is 6.30. The van der Waals surface area contributed by atoms with E-state index >= 15 is 0 Å². The SMILES string of the molecule is CC(C)(NC(=O)c1cccc(Cl)c1)c1noc(Cc2ccn[nH]2)n1. The number of hydrogen-bond donors (Lipinski definition) is 2. The van der Waals surface area contributed by atoms with Gasteiger partial charge in [0, 0.05) is 22.5 Å². The van der Waals surface area contributed by atoms with Gasteiger partial charge in [0.2, 0.25) is 5.89 Å². The normalized spacial score (nSPS) is 11.5. The Hall–Kier alpha value is -2.67. The van der Waals surface area contributed by atoms with Gasteiger partial charge >= 0.3 is 0 Å². The van der Waals surface area contributed by atoms with Gasteiger partial charge in [-0.15, -0.1) is 0 Å². The number of aromatic nitrogens is 4. The van der Waals surface area contributed by atoms with Crippen LogP contribution in [0.1, 0.15) is 41.6 Å². The van der Waals surface area contributed by atoms with Gasteiger partial charge in [-0.25, -0.2) is 0 Å². The maximum atomic E-state index is 12.4. The van der Waals surface area contributed by atoms with E-state index in [1.54, 1.807) is 44.3 Å². The maximum absolute atomic E-state index is 12.4. The van der Waals surface area contributed by atoms with Crippen molar-refractivity contribution in [2.75, 3.05) is 0 Å². The minimum Gasteiger partial charge on any atom is -0.340 e. The predicted molar refractivity (Wildman–Crippen MR) is 87.6 cm³/mol. The second kappa shape index (κ2) is 6.45. The zero-order valence-electron chi connectivity index (χ0n) is 13.2. The quantitative estimate of drug-likeness (QED) is 0.741. The van der Waals surface area contributed by atoms with E-state index in [-0.39, 0.29) is 5.91 Å². The third-order valence-electron chi connectivity index (χ3n) is 3.44. The van der Waals surface area contributed by atoms with Gasteiger partial charge in [0.05, 0.1) is 12.0 Å². The lowest BCUT2D eigenvalue weighted by molar-refractivity contribution is 0.0907. The summed E-state index contributed by atoms with van der Waals surface area (Å²) in [6.45, 7) is 3.61. The van der Waals surface area contributed by atoms with Crippen LogP contribution in [0.5, 0.6) is 0 Å². The second-order valence-corrected chi connectivity index (χ2v) is 6.30. The summed E-state index contributed by atoms with van der Waals surface area (Å²) in [5.41, 5.74) is 0.539. The lowest BCUT2D eigenvalue weighted by Gasteiger charge is -2.22. The molecule has 0 aliphatic rings. The maximum Gasteiger partial charge on any atom is 0.252 e. The highest BCUT2D eigenvalue weighted by Gasteiger charge is 2.29. The van der Waals surface area contributed by atoms with Gasteiger partial charge in [-0.2, -0.15) is 10.1 Å². The highest BCUT2D eigenvalue weighted by Crippen LogP contribution is 2.19. The summed E-state index contributed by atoms with van der Waals surface area (Å²) in [6, 6.07) is 8.56. The van der Waals surface area contributed by atoms with Gasteiger partial charge in [-0.1, -0.05) is 22.8 Å². The van der Waals surface area contributed by atoms with Gasteiger partial charge in [0.25, 0.3) is 5.91 Å². The summed E-state index contributed by atoms with van der Waals surface area (Å²) in [6.07, 6.45) is 2.10. The van der Waals surface area contributed by atoms with Crippen molar-refractivity contribution in [2.24, 2.45) is 0 Å². The first-order chi connectivity index (χ1) is 11.4. The molecule has 1 aromatic carbocycles. The van der Waals surface area contributed by atoms with Crippen LogP contribution < -0.4 is 5.32 Å². The van der Waals surface area contributed by atoms with Crippen molar-refractivity contribution in [3.63, 3.8) is 0 Å². The molecule has 0 unspecified atom stereocenters. The van der Waals surface area contributed by atoms with Crippen molar-refractivity contribution in [1.29, 1.82) is 0 Å². The molecule has 2 aromatic heterocycles. The fraction of sp³-hybridized carbons (Fsp3) is 0.250. The van der Waals surface area contributed by atoms with Crippen molar-refractivity contribution in [2.45, 2.75) is 25.8 Å². The first-order valence-electron chi connectivity index (χ1n) is 7.33. The summed E-state index contributed by atoms with van der Waals surface area (Å²) in [7, 11) is 0. The van der Waals surface area contributed by atoms with E-state index in [1.807, 2.05) is 6.07 Å². The molecule has 0 saturated heterocycles. The molecule has 0 bridgehead atoms. The topological polar surface area (TPSA) is 96.7 Å². The molecule has 124 valence electrons. The molecular weight excluding hydrogens is 330 g/mol.